The fourth-order valence-corrected chi connectivity index (χ4v) is 1.60. The lowest BCUT2D eigenvalue weighted by Crippen LogP contribution is -2.32. The van der Waals surface area contributed by atoms with Crippen LogP contribution >= 0.6 is 15.9 Å². The molecular formula is C12H18BrNO. The molecule has 0 fully saturated rings. The first-order valence-electron chi connectivity index (χ1n) is 5.24. The third kappa shape index (κ3) is 5.30. The Balaban J connectivity index is 2.37. The molecule has 84 valence electrons. The molecule has 0 saturated carbocycles. The van der Waals surface area contributed by atoms with Crippen LogP contribution in [0.15, 0.2) is 28.7 Å². The summed E-state index contributed by atoms with van der Waals surface area (Å²) >= 11 is 3.39. The SMILES string of the molecule is CC(C)NCC(O)Cc1ccc(Br)cc1. The van der Waals surface area contributed by atoms with E-state index in [1.54, 1.807) is 0 Å². The van der Waals surface area contributed by atoms with Crippen molar-refractivity contribution < 1.29 is 5.11 Å². The van der Waals surface area contributed by atoms with Gasteiger partial charge >= 0.3 is 0 Å². The maximum Gasteiger partial charge on any atom is 0.0704 e. The summed E-state index contributed by atoms with van der Waals surface area (Å²) in [6.07, 6.45) is 0.390. The van der Waals surface area contributed by atoms with Crippen LogP contribution in [0.3, 0.4) is 0 Å². The molecule has 0 bridgehead atoms. The van der Waals surface area contributed by atoms with E-state index in [0.717, 1.165) is 10.0 Å². The molecule has 1 rings (SSSR count). The summed E-state index contributed by atoms with van der Waals surface area (Å²) < 4.78 is 1.07. The summed E-state index contributed by atoms with van der Waals surface area (Å²) in [6, 6.07) is 8.48. The van der Waals surface area contributed by atoms with E-state index >= 15 is 0 Å². The second kappa shape index (κ2) is 6.26. The Morgan fingerprint density at radius 2 is 1.87 bits per heavy atom. The lowest BCUT2D eigenvalue weighted by molar-refractivity contribution is 0.169. The average Bonchev–Trinajstić information content (AvgIpc) is 2.19. The van der Waals surface area contributed by atoms with Gasteiger partial charge in [-0.3, -0.25) is 0 Å². The molecule has 0 aliphatic rings. The van der Waals surface area contributed by atoms with Gasteiger partial charge < -0.3 is 10.4 Å². The quantitative estimate of drug-likeness (QED) is 0.862. The second-order valence-electron chi connectivity index (χ2n) is 4.05. The van der Waals surface area contributed by atoms with Crippen LogP contribution in [0, 0.1) is 0 Å². The van der Waals surface area contributed by atoms with Crippen molar-refractivity contribution in [2.45, 2.75) is 32.4 Å². The molecule has 1 atom stereocenters. The first kappa shape index (κ1) is 12.7. The second-order valence-corrected chi connectivity index (χ2v) is 4.96. The van der Waals surface area contributed by atoms with Crippen molar-refractivity contribution >= 4 is 15.9 Å². The minimum absolute atomic E-state index is 0.312. The van der Waals surface area contributed by atoms with Gasteiger partial charge in [0.1, 0.15) is 0 Å². The molecule has 0 aliphatic carbocycles. The Bertz CT molecular complexity index is 284. The van der Waals surface area contributed by atoms with Crippen LogP contribution < -0.4 is 5.32 Å². The Morgan fingerprint density at radius 3 is 2.40 bits per heavy atom. The van der Waals surface area contributed by atoms with E-state index in [-0.39, 0.29) is 6.10 Å². The molecule has 0 heterocycles. The summed E-state index contributed by atoms with van der Waals surface area (Å²) in [5.41, 5.74) is 1.16. The fraction of sp³-hybridized carbons (Fsp3) is 0.500. The van der Waals surface area contributed by atoms with E-state index in [9.17, 15) is 5.11 Å². The lowest BCUT2D eigenvalue weighted by Gasteiger charge is -2.14. The lowest BCUT2D eigenvalue weighted by atomic mass is 10.1. The van der Waals surface area contributed by atoms with Gasteiger partial charge in [0.05, 0.1) is 6.10 Å². The Kier molecular flexibility index (Phi) is 5.29. The van der Waals surface area contributed by atoms with Crippen molar-refractivity contribution in [1.82, 2.24) is 5.32 Å². The number of rotatable bonds is 5. The first-order valence-corrected chi connectivity index (χ1v) is 6.03. The van der Waals surface area contributed by atoms with Gasteiger partial charge in [-0.2, -0.15) is 0 Å². The summed E-state index contributed by atoms with van der Waals surface area (Å²) in [7, 11) is 0. The number of aliphatic hydroxyl groups excluding tert-OH is 1. The van der Waals surface area contributed by atoms with Gasteiger partial charge in [-0.25, -0.2) is 0 Å². The molecule has 2 N–H and O–H groups in total. The summed E-state index contributed by atoms with van der Waals surface area (Å²) in [5.74, 6) is 0. The molecule has 0 spiro atoms. The van der Waals surface area contributed by atoms with Crippen LogP contribution in [0.2, 0.25) is 0 Å². The maximum absolute atomic E-state index is 9.75. The van der Waals surface area contributed by atoms with E-state index in [0.29, 0.717) is 19.0 Å². The summed E-state index contributed by atoms with van der Waals surface area (Å²) in [4.78, 5) is 0. The Labute approximate surface area is 99.8 Å². The Morgan fingerprint density at radius 1 is 1.27 bits per heavy atom. The summed E-state index contributed by atoms with van der Waals surface area (Å²) in [5, 5.41) is 13.0. The van der Waals surface area contributed by atoms with Crippen LogP contribution in [-0.4, -0.2) is 23.8 Å². The molecule has 0 saturated heterocycles. The first-order chi connectivity index (χ1) is 7.08. The minimum Gasteiger partial charge on any atom is -0.391 e. The highest BCUT2D eigenvalue weighted by molar-refractivity contribution is 9.10. The number of aliphatic hydroxyl groups is 1. The molecule has 0 radical (unpaired) electrons. The molecule has 1 unspecified atom stereocenters. The number of halogens is 1. The highest BCUT2D eigenvalue weighted by Gasteiger charge is 2.05. The van der Waals surface area contributed by atoms with Gasteiger partial charge in [-0.1, -0.05) is 41.9 Å². The van der Waals surface area contributed by atoms with Gasteiger partial charge in [0.25, 0.3) is 0 Å². The molecule has 3 heteroatoms. The van der Waals surface area contributed by atoms with Crippen LogP contribution in [-0.2, 0) is 6.42 Å². The van der Waals surface area contributed by atoms with Gasteiger partial charge in [0.2, 0.25) is 0 Å². The molecule has 2 nitrogen and oxygen atoms in total. The van der Waals surface area contributed by atoms with E-state index < -0.39 is 0 Å². The van der Waals surface area contributed by atoms with Crippen molar-refractivity contribution in [3.8, 4) is 0 Å². The smallest absolute Gasteiger partial charge is 0.0704 e. The van der Waals surface area contributed by atoms with Gasteiger partial charge in [0, 0.05) is 17.1 Å². The van der Waals surface area contributed by atoms with Crippen LogP contribution in [0.25, 0.3) is 0 Å². The number of nitrogens with one attached hydrogen (secondary N) is 1. The van der Waals surface area contributed by atoms with E-state index in [4.69, 9.17) is 0 Å². The normalized spacial score (nSPS) is 13.1. The molecule has 1 aromatic rings. The Hall–Kier alpha value is -0.380. The van der Waals surface area contributed by atoms with Gasteiger partial charge in [-0.15, -0.1) is 0 Å². The molecular weight excluding hydrogens is 254 g/mol. The standard InChI is InChI=1S/C12H18BrNO/c1-9(2)14-8-12(15)7-10-3-5-11(13)6-4-10/h3-6,9,12,14-15H,7-8H2,1-2H3. The van der Waals surface area contributed by atoms with Gasteiger partial charge in [0.15, 0.2) is 0 Å². The third-order valence-corrected chi connectivity index (χ3v) is 2.67. The van der Waals surface area contributed by atoms with Gasteiger partial charge in [-0.05, 0) is 24.1 Å². The highest BCUT2D eigenvalue weighted by Crippen LogP contribution is 2.11. The maximum atomic E-state index is 9.75. The topological polar surface area (TPSA) is 32.3 Å². The predicted octanol–water partition coefficient (Wildman–Crippen LogP) is 2.35. The van der Waals surface area contributed by atoms with E-state index in [2.05, 4.69) is 35.1 Å². The number of benzene rings is 1. The van der Waals surface area contributed by atoms with Crippen molar-refractivity contribution in [2.75, 3.05) is 6.54 Å². The predicted molar refractivity (Wildman–Crippen MR) is 67.0 cm³/mol. The van der Waals surface area contributed by atoms with Crippen molar-refractivity contribution in [3.63, 3.8) is 0 Å². The molecule has 0 aromatic heterocycles. The zero-order valence-electron chi connectivity index (χ0n) is 9.20. The fourth-order valence-electron chi connectivity index (χ4n) is 1.34. The highest BCUT2D eigenvalue weighted by atomic mass is 79.9. The molecule has 1 aromatic carbocycles. The van der Waals surface area contributed by atoms with Crippen molar-refractivity contribution in [1.29, 1.82) is 0 Å². The number of hydrogen-bond acceptors (Lipinski definition) is 2. The third-order valence-electron chi connectivity index (χ3n) is 2.15. The minimum atomic E-state index is -0.312. The zero-order chi connectivity index (χ0) is 11.3. The average molecular weight is 272 g/mol. The molecule has 15 heavy (non-hydrogen) atoms. The van der Waals surface area contributed by atoms with Crippen LogP contribution in [0.4, 0.5) is 0 Å². The van der Waals surface area contributed by atoms with Crippen molar-refractivity contribution in [3.05, 3.63) is 34.3 Å². The van der Waals surface area contributed by atoms with E-state index in [1.165, 1.54) is 0 Å². The molecule has 0 aliphatic heterocycles. The number of hydrogen-bond donors (Lipinski definition) is 2. The van der Waals surface area contributed by atoms with Crippen LogP contribution in [0.1, 0.15) is 19.4 Å². The molecule has 0 amide bonds. The largest absolute Gasteiger partial charge is 0.391 e. The van der Waals surface area contributed by atoms with Crippen LogP contribution in [0.5, 0.6) is 0 Å². The van der Waals surface area contributed by atoms with Crippen molar-refractivity contribution in [2.24, 2.45) is 0 Å². The van der Waals surface area contributed by atoms with E-state index in [1.807, 2.05) is 24.3 Å². The zero-order valence-corrected chi connectivity index (χ0v) is 10.8. The monoisotopic (exact) mass is 271 g/mol. The summed E-state index contributed by atoms with van der Waals surface area (Å²) in [6.45, 7) is 4.80.